The third-order valence-corrected chi connectivity index (χ3v) is 3.04. The Morgan fingerprint density at radius 1 is 1.11 bits per heavy atom. The van der Waals surface area contributed by atoms with Crippen molar-refractivity contribution in [3.63, 3.8) is 0 Å². The van der Waals surface area contributed by atoms with Crippen molar-refractivity contribution in [2.45, 2.75) is 0 Å². The number of benzene rings is 2. The van der Waals surface area contributed by atoms with Gasteiger partial charge in [-0.2, -0.15) is 0 Å². The van der Waals surface area contributed by atoms with Gasteiger partial charge in [-0.1, -0.05) is 29.8 Å². The number of hydrogen-bond donors (Lipinski definition) is 1. The summed E-state index contributed by atoms with van der Waals surface area (Å²) in [5.41, 5.74) is 1.87. The lowest BCUT2D eigenvalue weighted by Gasteiger charge is -2.20. The fourth-order valence-corrected chi connectivity index (χ4v) is 1.88. The van der Waals surface area contributed by atoms with Crippen LogP contribution in [0.1, 0.15) is 10.4 Å². The number of halogens is 1. The van der Waals surface area contributed by atoms with E-state index in [1.807, 2.05) is 42.3 Å². The Morgan fingerprint density at radius 3 is 2.39 bits per heavy atom. The normalized spacial score (nSPS) is 10.1. The molecule has 0 aliphatic rings. The first-order valence-electron chi connectivity index (χ1n) is 5.41. The summed E-state index contributed by atoms with van der Waals surface area (Å²) in [6.07, 6.45) is 0. The lowest BCUT2D eigenvalue weighted by molar-refractivity contribution is 0.0697. The molecule has 18 heavy (non-hydrogen) atoms. The van der Waals surface area contributed by atoms with E-state index in [1.165, 1.54) is 0 Å². The molecule has 0 unspecified atom stereocenters. The summed E-state index contributed by atoms with van der Waals surface area (Å²) in [6, 6.07) is 14.7. The number of para-hydroxylation sites is 1. The number of anilines is 2. The molecule has 92 valence electrons. The Kier molecular flexibility index (Phi) is 3.53. The van der Waals surface area contributed by atoms with E-state index in [-0.39, 0.29) is 10.6 Å². The zero-order valence-corrected chi connectivity index (χ0v) is 10.6. The minimum atomic E-state index is -1.02. The smallest absolute Gasteiger partial charge is 0.337 e. The summed E-state index contributed by atoms with van der Waals surface area (Å²) in [7, 11) is 1.88. The van der Waals surface area contributed by atoms with Crippen LogP contribution in [0.3, 0.4) is 0 Å². The summed E-state index contributed by atoms with van der Waals surface area (Å²) < 4.78 is 0. The van der Waals surface area contributed by atoms with Crippen LogP contribution in [0.15, 0.2) is 48.5 Å². The van der Waals surface area contributed by atoms with Crippen molar-refractivity contribution in [2.75, 3.05) is 11.9 Å². The Bertz CT molecular complexity index is 569. The van der Waals surface area contributed by atoms with Crippen LogP contribution in [0.2, 0.25) is 5.02 Å². The zero-order chi connectivity index (χ0) is 13.1. The highest BCUT2D eigenvalue weighted by atomic mass is 35.5. The Hall–Kier alpha value is -2.00. The molecule has 2 rings (SSSR count). The highest BCUT2D eigenvalue weighted by molar-refractivity contribution is 6.33. The Morgan fingerprint density at radius 2 is 1.78 bits per heavy atom. The van der Waals surface area contributed by atoms with Crippen LogP contribution in [0.5, 0.6) is 0 Å². The highest BCUT2D eigenvalue weighted by Gasteiger charge is 2.11. The van der Waals surface area contributed by atoms with Crippen LogP contribution in [0.25, 0.3) is 0 Å². The van der Waals surface area contributed by atoms with Crippen molar-refractivity contribution in [3.8, 4) is 0 Å². The molecule has 2 aromatic rings. The molecule has 0 saturated carbocycles. The van der Waals surface area contributed by atoms with Crippen molar-refractivity contribution in [1.29, 1.82) is 0 Å². The average Bonchev–Trinajstić information content (AvgIpc) is 2.39. The second kappa shape index (κ2) is 5.10. The van der Waals surface area contributed by atoms with Gasteiger partial charge in [-0.05, 0) is 30.3 Å². The summed E-state index contributed by atoms with van der Waals surface area (Å²) in [6.45, 7) is 0. The van der Waals surface area contributed by atoms with Gasteiger partial charge in [0, 0.05) is 18.4 Å². The van der Waals surface area contributed by atoms with Crippen LogP contribution in [-0.2, 0) is 0 Å². The molecular weight excluding hydrogens is 250 g/mol. The molecule has 0 aliphatic carbocycles. The Labute approximate surface area is 110 Å². The molecule has 2 aromatic carbocycles. The fourth-order valence-electron chi connectivity index (χ4n) is 1.69. The monoisotopic (exact) mass is 261 g/mol. The van der Waals surface area contributed by atoms with Gasteiger partial charge in [-0.15, -0.1) is 0 Å². The summed E-state index contributed by atoms with van der Waals surface area (Å²) in [5, 5.41) is 9.28. The van der Waals surface area contributed by atoms with Crippen molar-refractivity contribution in [3.05, 3.63) is 59.1 Å². The third-order valence-electron chi connectivity index (χ3n) is 2.71. The van der Waals surface area contributed by atoms with Gasteiger partial charge in [-0.3, -0.25) is 0 Å². The molecule has 0 aliphatic heterocycles. The van der Waals surface area contributed by atoms with E-state index in [0.29, 0.717) is 0 Å². The number of carboxylic acid groups (broad SMARTS) is 1. The first-order chi connectivity index (χ1) is 8.59. The van der Waals surface area contributed by atoms with E-state index in [1.54, 1.807) is 18.2 Å². The quantitative estimate of drug-likeness (QED) is 0.913. The second-order valence-corrected chi connectivity index (χ2v) is 4.27. The van der Waals surface area contributed by atoms with Crippen molar-refractivity contribution >= 4 is 28.9 Å². The molecular formula is C14H12ClNO2. The lowest BCUT2D eigenvalue weighted by atomic mass is 10.1. The maximum atomic E-state index is 11.0. The number of nitrogens with zero attached hydrogens (tertiary/aromatic N) is 1. The first-order valence-corrected chi connectivity index (χ1v) is 5.79. The van der Waals surface area contributed by atoms with Crippen LogP contribution < -0.4 is 4.90 Å². The number of aromatic carboxylic acids is 1. The van der Waals surface area contributed by atoms with E-state index in [2.05, 4.69) is 0 Å². The standard InChI is InChI=1S/C14H12ClNO2/c1-16(10-5-3-2-4-6-10)11-7-8-13(15)12(9-11)14(17)18/h2-9H,1H3,(H,17,18). The molecule has 0 heterocycles. The van der Waals surface area contributed by atoms with Crippen LogP contribution in [0.4, 0.5) is 11.4 Å². The second-order valence-electron chi connectivity index (χ2n) is 3.86. The molecule has 0 amide bonds. The molecule has 0 bridgehead atoms. The van der Waals surface area contributed by atoms with Gasteiger partial charge in [0.05, 0.1) is 10.6 Å². The van der Waals surface area contributed by atoms with Crippen molar-refractivity contribution < 1.29 is 9.90 Å². The molecule has 4 heteroatoms. The predicted octanol–water partition coefficient (Wildman–Crippen LogP) is 3.81. The molecule has 1 N–H and O–H groups in total. The van der Waals surface area contributed by atoms with Crippen LogP contribution in [-0.4, -0.2) is 18.1 Å². The van der Waals surface area contributed by atoms with E-state index in [4.69, 9.17) is 16.7 Å². The number of hydrogen-bond acceptors (Lipinski definition) is 2. The summed E-state index contributed by atoms with van der Waals surface area (Å²) >= 11 is 5.84. The predicted molar refractivity (Wildman–Crippen MR) is 72.9 cm³/mol. The maximum Gasteiger partial charge on any atom is 0.337 e. The molecule has 0 radical (unpaired) electrons. The highest BCUT2D eigenvalue weighted by Crippen LogP contribution is 2.27. The average molecular weight is 262 g/mol. The SMILES string of the molecule is CN(c1ccccc1)c1ccc(Cl)c(C(=O)O)c1. The maximum absolute atomic E-state index is 11.0. The topological polar surface area (TPSA) is 40.5 Å². The van der Waals surface area contributed by atoms with E-state index in [0.717, 1.165) is 11.4 Å². The van der Waals surface area contributed by atoms with Crippen molar-refractivity contribution in [2.24, 2.45) is 0 Å². The molecule has 0 saturated heterocycles. The first kappa shape index (κ1) is 12.5. The Balaban J connectivity index is 2.40. The molecule has 3 nitrogen and oxygen atoms in total. The number of rotatable bonds is 3. The molecule has 0 aromatic heterocycles. The molecule has 0 atom stereocenters. The van der Waals surface area contributed by atoms with Crippen LogP contribution >= 0.6 is 11.6 Å². The number of carboxylic acids is 1. The van der Waals surface area contributed by atoms with Crippen LogP contribution in [0, 0.1) is 0 Å². The van der Waals surface area contributed by atoms with E-state index in [9.17, 15) is 4.79 Å². The number of carbonyl (C=O) groups is 1. The van der Waals surface area contributed by atoms with Gasteiger partial charge in [-0.25, -0.2) is 4.79 Å². The molecule has 0 fully saturated rings. The minimum Gasteiger partial charge on any atom is -0.478 e. The van der Waals surface area contributed by atoms with Crippen molar-refractivity contribution in [1.82, 2.24) is 0 Å². The zero-order valence-electron chi connectivity index (χ0n) is 9.80. The minimum absolute atomic E-state index is 0.108. The lowest BCUT2D eigenvalue weighted by Crippen LogP contribution is -2.10. The summed E-state index contributed by atoms with van der Waals surface area (Å²) in [5.74, 6) is -1.02. The van der Waals surface area contributed by atoms with Gasteiger partial charge in [0.1, 0.15) is 0 Å². The van der Waals surface area contributed by atoms with E-state index >= 15 is 0 Å². The van der Waals surface area contributed by atoms with Gasteiger partial charge in [0.25, 0.3) is 0 Å². The fraction of sp³-hybridized carbons (Fsp3) is 0.0714. The molecule has 0 spiro atoms. The largest absolute Gasteiger partial charge is 0.478 e. The van der Waals surface area contributed by atoms with Gasteiger partial charge in [0.2, 0.25) is 0 Å². The van der Waals surface area contributed by atoms with E-state index < -0.39 is 5.97 Å². The van der Waals surface area contributed by atoms with Gasteiger partial charge < -0.3 is 10.0 Å². The van der Waals surface area contributed by atoms with Gasteiger partial charge >= 0.3 is 5.97 Å². The summed E-state index contributed by atoms with van der Waals surface area (Å²) in [4.78, 5) is 12.9. The third kappa shape index (κ3) is 2.46. The van der Waals surface area contributed by atoms with Gasteiger partial charge in [0.15, 0.2) is 0 Å².